The van der Waals surface area contributed by atoms with E-state index in [1.165, 1.54) is 28.6 Å². The van der Waals surface area contributed by atoms with Crippen molar-refractivity contribution in [3.8, 4) is 0 Å². The van der Waals surface area contributed by atoms with E-state index < -0.39 is 16.0 Å². The van der Waals surface area contributed by atoms with E-state index in [4.69, 9.17) is 5.11 Å². The first-order chi connectivity index (χ1) is 9.78. The van der Waals surface area contributed by atoms with Crippen LogP contribution in [0, 0.1) is 0 Å². The summed E-state index contributed by atoms with van der Waals surface area (Å²) in [5, 5.41) is 8.85. The van der Waals surface area contributed by atoms with E-state index >= 15 is 0 Å². The van der Waals surface area contributed by atoms with E-state index in [1.807, 2.05) is 25.9 Å². The summed E-state index contributed by atoms with van der Waals surface area (Å²) in [7, 11) is 0.187. The van der Waals surface area contributed by atoms with Gasteiger partial charge in [-0.25, -0.2) is 13.2 Å². The molecular weight excluding hydrogens is 292 g/mol. The number of hydrogen-bond donors (Lipinski definition) is 1. The standard InChI is InChI=1S/C14H22N2O4S/c1-4-9-16(11-10-15(2)3)21(19,20)13-7-5-12(6-8-13)14(17)18/h5-8H,4,9-11H2,1-3H3,(H,17,18). The topological polar surface area (TPSA) is 77.9 Å². The Hall–Kier alpha value is -1.44. The summed E-state index contributed by atoms with van der Waals surface area (Å²) in [5.41, 5.74) is 0.0734. The molecule has 0 aliphatic heterocycles. The van der Waals surface area contributed by atoms with Crippen molar-refractivity contribution in [3.63, 3.8) is 0 Å². The number of likely N-dealkylation sites (N-methyl/N-ethyl adjacent to an activating group) is 1. The maximum atomic E-state index is 12.6. The normalized spacial score (nSPS) is 12.0. The number of sulfonamides is 1. The lowest BCUT2D eigenvalue weighted by molar-refractivity contribution is 0.0696. The van der Waals surface area contributed by atoms with Gasteiger partial charge < -0.3 is 10.0 Å². The van der Waals surface area contributed by atoms with Crippen LogP contribution < -0.4 is 0 Å². The van der Waals surface area contributed by atoms with E-state index in [2.05, 4.69) is 0 Å². The Morgan fingerprint density at radius 1 is 1.10 bits per heavy atom. The molecule has 0 heterocycles. The molecule has 0 unspecified atom stereocenters. The molecule has 1 rings (SSSR count). The minimum atomic E-state index is -3.59. The number of benzene rings is 1. The summed E-state index contributed by atoms with van der Waals surface area (Å²) in [5.74, 6) is -1.07. The molecule has 21 heavy (non-hydrogen) atoms. The molecule has 118 valence electrons. The lowest BCUT2D eigenvalue weighted by Gasteiger charge is -2.23. The zero-order valence-electron chi connectivity index (χ0n) is 12.6. The molecule has 6 nitrogen and oxygen atoms in total. The smallest absolute Gasteiger partial charge is 0.335 e. The number of nitrogens with zero attached hydrogens (tertiary/aromatic N) is 2. The zero-order valence-corrected chi connectivity index (χ0v) is 13.4. The van der Waals surface area contributed by atoms with Gasteiger partial charge in [0, 0.05) is 19.6 Å². The van der Waals surface area contributed by atoms with Gasteiger partial charge in [0.15, 0.2) is 0 Å². The van der Waals surface area contributed by atoms with Crippen molar-refractivity contribution in [2.24, 2.45) is 0 Å². The van der Waals surface area contributed by atoms with Gasteiger partial charge in [0.05, 0.1) is 10.5 Å². The molecule has 0 fully saturated rings. The van der Waals surface area contributed by atoms with Crippen molar-refractivity contribution < 1.29 is 18.3 Å². The Morgan fingerprint density at radius 3 is 2.10 bits per heavy atom. The Bertz CT molecular complexity index is 567. The molecule has 1 aromatic rings. The summed E-state index contributed by atoms with van der Waals surface area (Å²) >= 11 is 0. The minimum absolute atomic E-state index is 0.0734. The van der Waals surface area contributed by atoms with Crippen molar-refractivity contribution in [3.05, 3.63) is 29.8 Å². The summed E-state index contributed by atoms with van der Waals surface area (Å²) in [6.07, 6.45) is 0.722. The Morgan fingerprint density at radius 2 is 1.67 bits per heavy atom. The van der Waals surface area contributed by atoms with Gasteiger partial charge in [0.1, 0.15) is 0 Å². The molecule has 0 saturated carbocycles. The van der Waals surface area contributed by atoms with Crippen LogP contribution in [0.1, 0.15) is 23.7 Å². The van der Waals surface area contributed by atoms with Gasteiger partial charge in [-0.15, -0.1) is 0 Å². The molecule has 0 atom stereocenters. The second kappa shape index (κ2) is 7.53. The van der Waals surface area contributed by atoms with E-state index in [-0.39, 0.29) is 10.5 Å². The molecule has 0 aromatic heterocycles. The van der Waals surface area contributed by atoms with Crippen LogP contribution in [0.3, 0.4) is 0 Å². The van der Waals surface area contributed by atoms with Gasteiger partial charge in [-0.3, -0.25) is 0 Å². The number of carboxylic acid groups (broad SMARTS) is 1. The lowest BCUT2D eigenvalue weighted by atomic mass is 10.2. The average molecular weight is 314 g/mol. The van der Waals surface area contributed by atoms with Crippen LogP contribution in [0.5, 0.6) is 0 Å². The van der Waals surface area contributed by atoms with Crippen LogP contribution in [-0.2, 0) is 10.0 Å². The van der Waals surface area contributed by atoms with E-state index in [0.717, 1.165) is 6.42 Å². The summed E-state index contributed by atoms with van der Waals surface area (Å²) < 4.78 is 26.6. The molecule has 0 amide bonds. The molecule has 0 aliphatic carbocycles. The molecule has 0 bridgehead atoms. The highest BCUT2D eigenvalue weighted by Crippen LogP contribution is 2.17. The molecule has 0 radical (unpaired) electrons. The SMILES string of the molecule is CCCN(CCN(C)C)S(=O)(=O)c1ccc(C(=O)O)cc1. The van der Waals surface area contributed by atoms with Crippen LogP contribution in [0.25, 0.3) is 0 Å². The van der Waals surface area contributed by atoms with Crippen LogP contribution in [-0.4, -0.2) is 62.4 Å². The predicted octanol–water partition coefficient (Wildman–Crippen LogP) is 1.35. The molecule has 1 aromatic carbocycles. The van der Waals surface area contributed by atoms with E-state index in [0.29, 0.717) is 19.6 Å². The van der Waals surface area contributed by atoms with E-state index in [1.54, 1.807) is 0 Å². The second-order valence-corrected chi connectivity index (χ2v) is 6.97. The van der Waals surface area contributed by atoms with Gasteiger partial charge in [-0.05, 0) is 44.8 Å². The van der Waals surface area contributed by atoms with Gasteiger partial charge in [-0.2, -0.15) is 4.31 Å². The third-order valence-corrected chi connectivity index (χ3v) is 4.92. The monoisotopic (exact) mass is 314 g/mol. The van der Waals surface area contributed by atoms with Gasteiger partial charge in [-0.1, -0.05) is 6.92 Å². The maximum absolute atomic E-state index is 12.6. The average Bonchev–Trinajstić information content (AvgIpc) is 2.43. The van der Waals surface area contributed by atoms with Crippen LogP contribution in [0.15, 0.2) is 29.2 Å². The van der Waals surface area contributed by atoms with Crippen molar-refractivity contribution in [2.75, 3.05) is 33.7 Å². The van der Waals surface area contributed by atoms with Gasteiger partial charge in [0.25, 0.3) is 0 Å². The van der Waals surface area contributed by atoms with Crippen LogP contribution in [0.4, 0.5) is 0 Å². The third-order valence-electron chi connectivity index (χ3n) is 3.01. The van der Waals surface area contributed by atoms with Crippen LogP contribution >= 0.6 is 0 Å². The fourth-order valence-electron chi connectivity index (χ4n) is 1.83. The van der Waals surface area contributed by atoms with Crippen LogP contribution in [0.2, 0.25) is 0 Å². The number of rotatable bonds is 8. The molecular formula is C14H22N2O4S. The van der Waals surface area contributed by atoms with Gasteiger partial charge >= 0.3 is 5.97 Å². The fourth-order valence-corrected chi connectivity index (χ4v) is 3.35. The van der Waals surface area contributed by atoms with E-state index in [9.17, 15) is 13.2 Å². The van der Waals surface area contributed by atoms with Crippen molar-refractivity contribution in [2.45, 2.75) is 18.2 Å². The fraction of sp³-hybridized carbons (Fsp3) is 0.500. The lowest BCUT2D eigenvalue weighted by Crippen LogP contribution is -2.37. The minimum Gasteiger partial charge on any atom is -0.478 e. The van der Waals surface area contributed by atoms with Gasteiger partial charge in [0.2, 0.25) is 10.0 Å². The van der Waals surface area contributed by atoms with Crippen molar-refractivity contribution in [1.82, 2.24) is 9.21 Å². The van der Waals surface area contributed by atoms with Crippen molar-refractivity contribution >= 4 is 16.0 Å². The van der Waals surface area contributed by atoms with Crippen molar-refractivity contribution in [1.29, 1.82) is 0 Å². The Labute approximate surface area is 126 Å². The molecule has 1 N–H and O–H groups in total. The highest BCUT2D eigenvalue weighted by atomic mass is 32.2. The predicted molar refractivity (Wildman–Crippen MR) is 81.0 cm³/mol. The highest BCUT2D eigenvalue weighted by molar-refractivity contribution is 7.89. The molecule has 7 heteroatoms. The highest BCUT2D eigenvalue weighted by Gasteiger charge is 2.23. The number of carboxylic acids is 1. The number of hydrogen-bond acceptors (Lipinski definition) is 4. The summed E-state index contributed by atoms with van der Waals surface area (Å²) in [4.78, 5) is 12.9. The Kier molecular flexibility index (Phi) is 6.32. The quantitative estimate of drug-likeness (QED) is 0.783. The summed E-state index contributed by atoms with van der Waals surface area (Å²) in [6, 6.07) is 5.31. The summed E-state index contributed by atoms with van der Waals surface area (Å²) in [6.45, 7) is 3.40. The Balaban J connectivity index is 3.01. The second-order valence-electron chi connectivity index (χ2n) is 5.04. The largest absolute Gasteiger partial charge is 0.478 e. The molecule has 0 spiro atoms. The maximum Gasteiger partial charge on any atom is 0.335 e. The zero-order chi connectivity index (χ0) is 16.0. The first-order valence-electron chi connectivity index (χ1n) is 6.77. The number of aromatic carboxylic acids is 1. The molecule has 0 aliphatic rings. The first kappa shape index (κ1) is 17.6. The molecule has 0 saturated heterocycles. The first-order valence-corrected chi connectivity index (χ1v) is 8.21. The number of carbonyl (C=O) groups is 1. The third kappa shape index (κ3) is 4.80.